The van der Waals surface area contributed by atoms with Crippen LogP contribution in [0.4, 0.5) is 0 Å². The van der Waals surface area contributed by atoms with Crippen LogP contribution in [0.15, 0.2) is 52.3 Å². The predicted octanol–water partition coefficient (Wildman–Crippen LogP) is 3.00. The first-order valence-corrected chi connectivity index (χ1v) is 10.1. The highest BCUT2D eigenvalue weighted by atomic mass is 79.9. The van der Waals surface area contributed by atoms with Gasteiger partial charge in [0.15, 0.2) is 16.7 Å². The molecule has 0 aliphatic rings. The molecule has 1 amide bonds. The van der Waals surface area contributed by atoms with E-state index in [2.05, 4.69) is 58.3 Å². The fraction of sp³-hybridized carbons (Fsp3) is 0.0769. The van der Waals surface area contributed by atoms with Crippen LogP contribution in [0.2, 0.25) is 0 Å². The highest BCUT2D eigenvalue weighted by Crippen LogP contribution is 2.36. The third kappa shape index (κ3) is 5.92. The summed E-state index contributed by atoms with van der Waals surface area (Å²) >= 11 is 9.95. The molecule has 8 nitrogen and oxygen atoms in total. The van der Waals surface area contributed by atoms with E-state index in [1.165, 1.54) is 6.07 Å². The smallest absolute Gasteiger partial charge is 0.277 e. The highest BCUT2D eigenvalue weighted by molar-refractivity contribution is 9.11. The molecule has 0 radical (unpaired) electrons. The van der Waals surface area contributed by atoms with Gasteiger partial charge in [-0.2, -0.15) is 5.10 Å². The molecular formula is C13H8Br3N2O6S-. The largest absolute Gasteiger partial charge is 0.742 e. The molecule has 1 aromatic heterocycles. The number of carbonyl (C=O) groups is 1. The molecule has 0 saturated carbocycles. The molecule has 0 unspecified atom stereocenters. The molecule has 134 valence electrons. The van der Waals surface area contributed by atoms with Crippen molar-refractivity contribution in [1.82, 2.24) is 5.43 Å². The van der Waals surface area contributed by atoms with Gasteiger partial charge >= 0.3 is 0 Å². The van der Waals surface area contributed by atoms with Crippen LogP contribution in [0.1, 0.15) is 5.76 Å². The normalized spacial score (nSPS) is 11.7. The monoisotopic (exact) mass is 557 g/mol. The number of hydrogen-bond donors (Lipinski definition) is 1. The molecule has 2 rings (SSSR count). The van der Waals surface area contributed by atoms with Crippen LogP contribution in [-0.2, 0) is 14.9 Å². The maximum Gasteiger partial charge on any atom is 0.277 e. The number of benzene rings is 1. The van der Waals surface area contributed by atoms with Gasteiger partial charge in [-0.05, 0) is 56.1 Å². The number of furan rings is 1. The number of halogens is 3. The van der Waals surface area contributed by atoms with Gasteiger partial charge in [-0.3, -0.25) is 4.79 Å². The number of ether oxygens (including phenoxy) is 1. The van der Waals surface area contributed by atoms with Crippen molar-refractivity contribution in [3.8, 4) is 5.75 Å². The Morgan fingerprint density at radius 3 is 2.48 bits per heavy atom. The topological polar surface area (TPSA) is 121 Å². The summed E-state index contributed by atoms with van der Waals surface area (Å²) in [5.74, 6) is -0.117. The summed E-state index contributed by atoms with van der Waals surface area (Å²) in [6, 6.07) is 5.74. The van der Waals surface area contributed by atoms with Crippen molar-refractivity contribution in [2.75, 3.05) is 6.61 Å². The second-order valence-corrected chi connectivity index (χ2v) is 8.33. The average molecular weight is 560 g/mol. The van der Waals surface area contributed by atoms with Gasteiger partial charge in [-0.15, -0.1) is 0 Å². The molecular weight excluding hydrogens is 552 g/mol. The average Bonchev–Trinajstić information content (AvgIpc) is 2.95. The summed E-state index contributed by atoms with van der Waals surface area (Å²) in [4.78, 5) is 11.7. The first-order chi connectivity index (χ1) is 11.7. The molecule has 1 N–H and O–H groups in total. The lowest BCUT2D eigenvalue weighted by Crippen LogP contribution is -2.24. The lowest BCUT2D eigenvalue weighted by atomic mass is 10.3. The van der Waals surface area contributed by atoms with Crippen LogP contribution < -0.4 is 10.2 Å². The number of nitrogens with zero attached hydrogens (tertiary/aromatic N) is 1. The number of carbonyl (C=O) groups excluding carboxylic acids is 1. The van der Waals surface area contributed by atoms with Crippen molar-refractivity contribution in [2.24, 2.45) is 5.10 Å². The van der Waals surface area contributed by atoms with Crippen LogP contribution in [-0.4, -0.2) is 31.7 Å². The van der Waals surface area contributed by atoms with Gasteiger partial charge in [0.25, 0.3) is 5.91 Å². The highest BCUT2D eigenvalue weighted by Gasteiger charge is 2.10. The number of rotatable bonds is 6. The third-order valence-electron chi connectivity index (χ3n) is 2.54. The van der Waals surface area contributed by atoms with Crippen LogP contribution in [0.5, 0.6) is 5.75 Å². The lowest BCUT2D eigenvalue weighted by molar-refractivity contribution is -0.123. The summed E-state index contributed by atoms with van der Waals surface area (Å²) in [7, 11) is -4.67. The first-order valence-electron chi connectivity index (χ1n) is 6.32. The van der Waals surface area contributed by atoms with Crippen molar-refractivity contribution in [3.05, 3.63) is 43.4 Å². The lowest BCUT2D eigenvalue weighted by Gasteiger charge is -2.09. The molecule has 0 aliphatic heterocycles. The van der Waals surface area contributed by atoms with E-state index in [0.29, 0.717) is 14.7 Å². The summed E-state index contributed by atoms with van der Waals surface area (Å²) < 4.78 is 44.5. The van der Waals surface area contributed by atoms with Crippen LogP contribution >= 0.6 is 47.8 Å². The molecule has 0 fully saturated rings. The molecule has 0 saturated heterocycles. The second-order valence-electron chi connectivity index (χ2n) is 4.39. The molecule has 1 heterocycles. The number of amides is 1. The van der Waals surface area contributed by atoms with Crippen LogP contribution in [0.25, 0.3) is 0 Å². The summed E-state index contributed by atoms with van der Waals surface area (Å²) in [6.07, 6.45) is 1.05. The van der Waals surface area contributed by atoms with E-state index in [0.717, 1.165) is 16.8 Å². The Labute approximate surface area is 167 Å². The van der Waals surface area contributed by atoms with E-state index >= 15 is 0 Å². The minimum Gasteiger partial charge on any atom is -0.742 e. The van der Waals surface area contributed by atoms with Gasteiger partial charge in [-0.1, -0.05) is 15.9 Å². The zero-order chi connectivity index (χ0) is 18.6. The van der Waals surface area contributed by atoms with Gasteiger partial charge in [0.1, 0.15) is 11.5 Å². The minimum absolute atomic E-state index is 0.00552. The summed E-state index contributed by atoms with van der Waals surface area (Å²) in [6.45, 7) is -0.311. The Hall–Kier alpha value is -1.21. The van der Waals surface area contributed by atoms with E-state index in [1.54, 1.807) is 12.1 Å². The second kappa shape index (κ2) is 8.45. The molecule has 0 spiro atoms. The number of hydrogen-bond acceptors (Lipinski definition) is 7. The summed E-state index contributed by atoms with van der Waals surface area (Å²) in [5, 5.41) is 2.85. The van der Waals surface area contributed by atoms with E-state index in [9.17, 15) is 17.8 Å². The minimum atomic E-state index is -4.67. The molecule has 25 heavy (non-hydrogen) atoms. The zero-order valence-corrected chi connectivity index (χ0v) is 17.6. The molecule has 1 aromatic carbocycles. The standard InChI is InChI=1S/C13H9Br3N2O6S/c14-7-3-9(15)13(10(16)4-7)23-6-11(19)18-17-5-8-1-2-12(24-8)25(20,21)22/h1-5H,6H2,(H,18,19)(H,20,21,22)/p-1. The van der Waals surface area contributed by atoms with E-state index < -0.39 is 21.1 Å². The Balaban J connectivity index is 1.90. The Morgan fingerprint density at radius 1 is 1.28 bits per heavy atom. The molecule has 12 heteroatoms. The molecule has 0 bridgehead atoms. The molecule has 0 aliphatic carbocycles. The summed E-state index contributed by atoms with van der Waals surface area (Å²) in [5.41, 5.74) is 2.18. The van der Waals surface area contributed by atoms with E-state index in [4.69, 9.17) is 9.15 Å². The van der Waals surface area contributed by atoms with Gasteiger partial charge in [0.05, 0.1) is 15.2 Å². The van der Waals surface area contributed by atoms with Crippen molar-refractivity contribution >= 4 is 70.0 Å². The van der Waals surface area contributed by atoms with Crippen molar-refractivity contribution < 1.29 is 26.9 Å². The van der Waals surface area contributed by atoms with E-state index in [-0.39, 0.29) is 12.4 Å². The van der Waals surface area contributed by atoms with Gasteiger partial charge in [0, 0.05) is 4.47 Å². The van der Waals surface area contributed by atoms with Crippen LogP contribution in [0, 0.1) is 0 Å². The maximum atomic E-state index is 11.7. The van der Waals surface area contributed by atoms with E-state index in [1.807, 2.05) is 0 Å². The van der Waals surface area contributed by atoms with Gasteiger partial charge in [-0.25, -0.2) is 13.8 Å². The third-order valence-corrected chi connectivity index (χ3v) is 4.89. The zero-order valence-electron chi connectivity index (χ0n) is 12.0. The molecule has 2 aromatic rings. The first kappa shape index (κ1) is 20.1. The number of nitrogens with one attached hydrogen (secondary N) is 1. The van der Waals surface area contributed by atoms with Crippen molar-refractivity contribution in [3.63, 3.8) is 0 Å². The predicted molar refractivity (Wildman–Crippen MR) is 97.4 cm³/mol. The van der Waals surface area contributed by atoms with Crippen molar-refractivity contribution in [1.29, 1.82) is 0 Å². The Bertz CT molecular complexity index is 903. The quantitative estimate of drug-likeness (QED) is 0.330. The number of hydrazone groups is 1. The van der Waals surface area contributed by atoms with Crippen LogP contribution in [0.3, 0.4) is 0 Å². The Morgan fingerprint density at radius 2 is 1.92 bits per heavy atom. The van der Waals surface area contributed by atoms with Crippen molar-refractivity contribution in [2.45, 2.75) is 5.09 Å². The fourth-order valence-electron chi connectivity index (χ4n) is 1.54. The SMILES string of the molecule is O=C(COc1c(Br)cc(Br)cc1Br)NN=Cc1ccc(S(=O)(=O)[O-])o1. The van der Waals surface area contributed by atoms with Gasteiger partial charge in [0.2, 0.25) is 5.09 Å². The maximum absolute atomic E-state index is 11.7. The fourth-order valence-corrected chi connectivity index (χ4v) is 4.46. The van der Waals surface area contributed by atoms with Gasteiger partial charge < -0.3 is 13.7 Å². The Kier molecular flexibility index (Phi) is 6.79. The molecule has 0 atom stereocenters.